The molecule has 1 heterocycles. The van der Waals surface area contributed by atoms with E-state index in [9.17, 15) is 19.2 Å². The van der Waals surface area contributed by atoms with Crippen LogP contribution in [0.3, 0.4) is 0 Å². The number of aromatic nitrogens is 1. The highest BCUT2D eigenvalue weighted by atomic mass is 35.5. The molecule has 0 amide bonds. The molecule has 24 heavy (non-hydrogen) atoms. The fourth-order valence-corrected chi connectivity index (χ4v) is 2.04. The molecular weight excluding hydrogens is 339 g/mol. The highest BCUT2D eigenvalue weighted by Crippen LogP contribution is 2.34. The molecule has 1 atom stereocenters. The summed E-state index contributed by atoms with van der Waals surface area (Å²) in [4.78, 5) is 28.1. The molecule has 0 bridgehead atoms. The largest absolute Gasteiger partial charge is 0.462 e. The highest BCUT2D eigenvalue weighted by Gasteiger charge is 2.45. The molecule has 0 radical (unpaired) electrons. The summed E-state index contributed by atoms with van der Waals surface area (Å²) in [5.74, 6) is -3.07. The Morgan fingerprint density at radius 1 is 1.38 bits per heavy atom. The average Bonchev–Trinajstić information content (AvgIpc) is 2.47. The van der Waals surface area contributed by atoms with Crippen molar-refractivity contribution in [2.24, 2.45) is 0 Å². The number of carbonyl (C=O) groups excluding carboxylic acids is 2. The first-order valence-electron chi connectivity index (χ1n) is 7.14. The first-order chi connectivity index (χ1) is 11.0. The molecule has 0 saturated carbocycles. The molecule has 1 aromatic heterocycles. The number of esters is 2. The Bertz CT molecular complexity index is 709. The van der Waals surface area contributed by atoms with Gasteiger partial charge in [-0.3, -0.25) is 0 Å². The van der Waals surface area contributed by atoms with Crippen molar-refractivity contribution in [1.82, 2.24) is 4.98 Å². The summed E-state index contributed by atoms with van der Waals surface area (Å²) in [5.41, 5.74) is -3.88. The minimum atomic E-state index is -2.11. The van der Waals surface area contributed by atoms with Crippen LogP contribution in [-0.4, -0.2) is 29.1 Å². The predicted octanol–water partition coefficient (Wildman–Crippen LogP) is 3.17. The van der Waals surface area contributed by atoms with Crippen LogP contribution in [0.15, 0.2) is 6.20 Å². The SMILES string of the molecule is CCOC(=O)c1cnc(Cl)c(F)c1C(C)(C#N)C(=O)OC(C)(C)C. The first-order valence-corrected chi connectivity index (χ1v) is 7.52. The Morgan fingerprint density at radius 2 is 1.96 bits per heavy atom. The molecular formula is C16H18ClFN2O4. The van der Waals surface area contributed by atoms with Gasteiger partial charge in [-0.25, -0.2) is 19.0 Å². The van der Waals surface area contributed by atoms with Gasteiger partial charge in [0.25, 0.3) is 0 Å². The van der Waals surface area contributed by atoms with Gasteiger partial charge in [0, 0.05) is 11.8 Å². The number of pyridine rings is 1. The summed E-state index contributed by atoms with van der Waals surface area (Å²) in [6.07, 6.45) is 0.971. The predicted molar refractivity (Wildman–Crippen MR) is 84.0 cm³/mol. The van der Waals surface area contributed by atoms with E-state index >= 15 is 0 Å². The average molecular weight is 357 g/mol. The van der Waals surface area contributed by atoms with Crippen LogP contribution in [0.1, 0.15) is 50.5 Å². The molecule has 0 spiro atoms. The first kappa shape index (κ1) is 19.8. The maximum absolute atomic E-state index is 14.6. The van der Waals surface area contributed by atoms with Crippen LogP contribution in [0, 0.1) is 17.1 Å². The number of nitrogens with zero attached hydrogens (tertiary/aromatic N) is 2. The third-order valence-electron chi connectivity index (χ3n) is 3.00. The van der Waals surface area contributed by atoms with Crippen molar-refractivity contribution in [2.75, 3.05) is 6.61 Å². The maximum Gasteiger partial charge on any atom is 0.340 e. The van der Waals surface area contributed by atoms with Crippen LogP contribution in [-0.2, 0) is 19.7 Å². The minimum Gasteiger partial charge on any atom is -0.462 e. The molecule has 0 fully saturated rings. The van der Waals surface area contributed by atoms with Crippen LogP contribution < -0.4 is 0 Å². The summed E-state index contributed by atoms with van der Waals surface area (Å²) in [7, 11) is 0. The molecule has 1 unspecified atom stereocenters. The Hall–Kier alpha value is -2.20. The van der Waals surface area contributed by atoms with Gasteiger partial charge in [0.1, 0.15) is 5.60 Å². The lowest BCUT2D eigenvalue weighted by atomic mass is 9.81. The summed E-state index contributed by atoms with van der Waals surface area (Å²) < 4.78 is 24.6. The summed E-state index contributed by atoms with van der Waals surface area (Å²) in [6.45, 7) is 7.55. The highest BCUT2D eigenvalue weighted by molar-refractivity contribution is 6.29. The van der Waals surface area contributed by atoms with Crippen molar-refractivity contribution in [3.05, 3.63) is 28.3 Å². The molecule has 6 nitrogen and oxygen atoms in total. The number of rotatable bonds is 4. The Balaban J connectivity index is 3.61. The molecule has 0 N–H and O–H groups in total. The van der Waals surface area contributed by atoms with E-state index in [4.69, 9.17) is 21.1 Å². The normalized spacial score (nSPS) is 13.6. The second kappa shape index (κ2) is 7.14. The third-order valence-corrected chi connectivity index (χ3v) is 3.27. The number of carbonyl (C=O) groups is 2. The molecule has 1 aromatic rings. The number of ether oxygens (including phenoxy) is 2. The van der Waals surface area contributed by atoms with Gasteiger partial charge in [0.05, 0.1) is 18.2 Å². The van der Waals surface area contributed by atoms with Crippen LogP contribution in [0.4, 0.5) is 4.39 Å². The lowest BCUT2D eigenvalue weighted by Gasteiger charge is -2.28. The van der Waals surface area contributed by atoms with Crippen molar-refractivity contribution >= 4 is 23.5 Å². The lowest BCUT2D eigenvalue weighted by molar-refractivity contribution is -0.159. The molecule has 1 rings (SSSR count). The van der Waals surface area contributed by atoms with Gasteiger partial charge in [-0.15, -0.1) is 0 Å². The van der Waals surface area contributed by atoms with E-state index in [-0.39, 0.29) is 12.2 Å². The standard InChI is InChI=1S/C16H18ClFN2O4/c1-6-23-13(21)9-7-20-12(17)11(18)10(9)16(5,8-19)14(22)24-15(2,3)4/h7H,6H2,1-5H3. The van der Waals surface area contributed by atoms with Crippen LogP contribution in [0.5, 0.6) is 0 Å². The third kappa shape index (κ3) is 4.01. The molecule has 0 aliphatic heterocycles. The van der Waals surface area contributed by atoms with Gasteiger partial charge < -0.3 is 9.47 Å². The van der Waals surface area contributed by atoms with Gasteiger partial charge in [0.2, 0.25) is 0 Å². The van der Waals surface area contributed by atoms with Crippen molar-refractivity contribution in [2.45, 2.75) is 45.6 Å². The van der Waals surface area contributed by atoms with E-state index in [2.05, 4.69) is 4.98 Å². The molecule has 0 aliphatic carbocycles. The number of hydrogen-bond acceptors (Lipinski definition) is 6. The number of hydrogen-bond donors (Lipinski definition) is 0. The minimum absolute atomic E-state index is 0.0260. The summed E-state index contributed by atoms with van der Waals surface area (Å²) >= 11 is 5.67. The maximum atomic E-state index is 14.6. The van der Waals surface area contributed by atoms with Gasteiger partial charge in [-0.05, 0) is 34.6 Å². The second-order valence-electron chi connectivity index (χ2n) is 6.11. The van der Waals surface area contributed by atoms with Crippen molar-refractivity contribution < 1.29 is 23.5 Å². The number of halogens is 2. The lowest BCUT2D eigenvalue weighted by Crippen LogP contribution is -2.40. The van der Waals surface area contributed by atoms with E-state index in [0.717, 1.165) is 13.1 Å². The van der Waals surface area contributed by atoms with Crippen molar-refractivity contribution in [3.63, 3.8) is 0 Å². The Morgan fingerprint density at radius 3 is 2.42 bits per heavy atom. The van der Waals surface area contributed by atoms with Crippen LogP contribution >= 0.6 is 11.6 Å². The van der Waals surface area contributed by atoms with Crippen LogP contribution in [0.2, 0.25) is 5.15 Å². The molecule has 0 saturated heterocycles. The van der Waals surface area contributed by atoms with Gasteiger partial charge in [-0.2, -0.15) is 5.26 Å². The monoisotopic (exact) mass is 356 g/mol. The molecule has 0 aromatic carbocycles. The van der Waals surface area contributed by atoms with Crippen molar-refractivity contribution in [3.8, 4) is 6.07 Å². The summed E-state index contributed by atoms with van der Waals surface area (Å²) in [6, 6.07) is 1.71. The second-order valence-corrected chi connectivity index (χ2v) is 6.47. The zero-order chi connectivity index (χ0) is 18.7. The van der Waals surface area contributed by atoms with Gasteiger partial charge >= 0.3 is 11.9 Å². The zero-order valence-electron chi connectivity index (χ0n) is 14.1. The molecule has 130 valence electrons. The fourth-order valence-electron chi connectivity index (χ4n) is 1.90. The Kier molecular flexibility index (Phi) is 5.90. The molecule has 8 heteroatoms. The quantitative estimate of drug-likeness (QED) is 0.608. The smallest absolute Gasteiger partial charge is 0.340 e. The zero-order valence-corrected chi connectivity index (χ0v) is 14.8. The Labute approximate surface area is 144 Å². The number of nitriles is 1. The van der Waals surface area contributed by atoms with Crippen LogP contribution in [0.25, 0.3) is 0 Å². The topological polar surface area (TPSA) is 89.3 Å². The van der Waals surface area contributed by atoms with E-state index in [1.807, 2.05) is 0 Å². The molecule has 0 aliphatic rings. The van der Waals surface area contributed by atoms with E-state index in [0.29, 0.717) is 0 Å². The van der Waals surface area contributed by atoms with E-state index < -0.39 is 39.5 Å². The van der Waals surface area contributed by atoms with Gasteiger partial charge in [-0.1, -0.05) is 11.6 Å². The fraction of sp³-hybridized carbons (Fsp3) is 0.500. The van der Waals surface area contributed by atoms with Gasteiger partial charge in [0.15, 0.2) is 16.4 Å². The van der Waals surface area contributed by atoms with E-state index in [1.165, 1.54) is 0 Å². The van der Waals surface area contributed by atoms with E-state index in [1.54, 1.807) is 33.8 Å². The summed E-state index contributed by atoms with van der Waals surface area (Å²) in [5, 5.41) is 8.96. The van der Waals surface area contributed by atoms with Crippen molar-refractivity contribution in [1.29, 1.82) is 5.26 Å².